The van der Waals surface area contributed by atoms with Crippen LogP contribution in [0.3, 0.4) is 0 Å². The maximum absolute atomic E-state index is 12.0. The zero-order valence-corrected chi connectivity index (χ0v) is 12.8. The summed E-state index contributed by atoms with van der Waals surface area (Å²) in [6.07, 6.45) is -0.499. The Morgan fingerprint density at radius 2 is 1.95 bits per heavy atom. The summed E-state index contributed by atoms with van der Waals surface area (Å²) in [6.45, 7) is -0.241. The monoisotopic (exact) mass is 325 g/mol. The Kier molecular flexibility index (Phi) is 5.76. The molecule has 0 fully saturated rings. The fourth-order valence-electron chi connectivity index (χ4n) is 1.95. The van der Waals surface area contributed by atoms with E-state index in [9.17, 15) is 15.0 Å². The minimum absolute atomic E-state index is 0.241. The van der Waals surface area contributed by atoms with Crippen LogP contribution in [0.1, 0.15) is 27.8 Å². The van der Waals surface area contributed by atoms with Crippen LogP contribution in [0.4, 0.5) is 0 Å². The van der Waals surface area contributed by atoms with Gasteiger partial charge in [-0.2, -0.15) is 0 Å². The molecule has 2 rings (SSSR count). The maximum atomic E-state index is 12.0. The third-order valence-electron chi connectivity index (χ3n) is 3.04. The molecule has 1 amide bonds. The lowest BCUT2D eigenvalue weighted by atomic mass is 10.0. The zero-order valence-electron chi connectivity index (χ0n) is 11.2. The standard InChI is InChI=1S/C15H16ClNO3S/c16-14-7-6-13(21-14)15(20)17-11(9-18)8-12(19)10-4-2-1-3-5-10/h1-7,11-12,18-19H,8-9H2,(H,17,20)/t11-,12+/m1/s1. The highest BCUT2D eigenvalue weighted by Crippen LogP contribution is 2.22. The fourth-order valence-corrected chi connectivity index (χ4v) is 2.90. The Morgan fingerprint density at radius 1 is 1.24 bits per heavy atom. The van der Waals surface area contributed by atoms with Crippen molar-refractivity contribution < 1.29 is 15.0 Å². The third kappa shape index (κ3) is 4.54. The summed E-state index contributed by atoms with van der Waals surface area (Å²) in [5.74, 6) is -0.300. The Hall–Kier alpha value is -1.40. The number of carbonyl (C=O) groups is 1. The van der Waals surface area contributed by atoms with Crippen LogP contribution in [0, 0.1) is 0 Å². The topological polar surface area (TPSA) is 69.6 Å². The third-order valence-corrected chi connectivity index (χ3v) is 4.27. The number of amides is 1. The van der Waals surface area contributed by atoms with Gasteiger partial charge in [0.15, 0.2) is 0 Å². The molecule has 1 heterocycles. The van der Waals surface area contributed by atoms with Crippen LogP contribution < -0.4 is 5.32 Å². The number of aliphatic hydroxyl groups is 2. The van der Waals surface area contributed by atoms with E-state index in [0.717, 1.165) is 5.56 Å². The van der Waals surface area contributed by atoms with Crippen LogP contribution in [-0.2, 0) is 0 Å². The van der Waals surface area contributed by atoms with E-state index in [1.807, 2.05) is 18.2 Å². The summed E-state index contributed by atoms with van der Waals surface area (Å²) >= 11 is 6.96. The highest BCUT2D eigenvalue weighted by atomic mass is 35.5. The predicted octanol–water partition coefficient (Wildman–Crippen LogP) is 2.62. The second kappa shape index (κ2) is 7.56. The average molecular weight is 326 g/mol. The minimum atomic E-state index is -0.740. The van der Waals surface area contributed by atoms with Crippen LogP contribution in [0.15, 0.2) is 42.5 Å². The Labute approximate surface area is 132 Å². The van der Waals surface area contributed by atoms with Gasteiger partial charge in [0.25, 0.3) is 5.91 Å². The maximum Gasteiger partial charge on any atom is 0.261 e. The normalized spacial score (nSPS) is 13.7. The van der Waals surface area contributed by atoms with Gasteiger partial charge in [-0.1, -0.05) is 41.9 Å². The van der Waals surface area contributed by atoms with Gasteiger partial charge in [0.05, 0.1) is 28.0 Å². The molecule has 0 aliphatic carbocycles. The lowest BCUT2D eigenvalue weighted by Gasteiger charge is -2.19. The number of carbonyl (C=O) groups excluding carboxylic acids is 1. The van der Waals surface area contributed by atoms with Gasteiger partial charge < -0.3 is 15.5 Å². The predicted molar refractivity (Wildman–Crippen MR) is 83.7 cm³/mol. The second-order valence-electron chi connectivity index (χ2n) is 4.62. The van der Waals surface area contributed by atoms with Gasteiger partial charge in [-0.05, 0) is 24.1 Å². The van der Waals surface area contributed by atoms with Crippen LogP contribution in [0.25, 0.3) is 0 Å². The van der Waals surface area contributed by atoms with Crippen molar-refractivity contribution in [3.8, 4) is 0 Å². The summed E-state index contributed by atoms with van der Waals surface area (Å²) in [6, 6.07) is 11.9. The van der Waals surface area contributed by atoms with Gasteiger partial charge >= 0.3 is 0 Å². The van der Waals surface area contributed by atoms with Crippen molar-refractivity contribution in [1.29, 1.82) is 0 Å². The van der Waals surface area contributed by atoms with Gasteiger partial charge in [-0.15, -0.1) is 11.3 Å². The highest BCUT2D eigenvalue weighted by Gasteiger charge is 2.19. The molecule has 0 unspecified atom stereocenters. The average Bonchev–Trinajstić information content (AvgIpc) is 2.94. The molecule has 2 aromatic rings. The van der Waals surface area contributed by atoms with Crippen molar-refractivity contribution in [2.45, 2.75) is 18.6 Å². The second-order valence-corrected chi connectivity index (χ2v) is 6.33. The number of thiophene rings is 1. The van der Waals surface area contributed by atoms with E-state index in [0.29, 0.717) is 9.21 Å². The van der Waals surface area contributed by atoms with E-state index < -0.39 is 12.1 Å². The van der Waals surface area contributed by atoms with Crippen LogP contribution in [-0.4, -0.2) is 28.8 Å². The minimum Gasteiger partial charge on any atom is -0.394 e. The number of aliphatic hydroxyl groups excluding tert-OH is 2. The molecular weight excluding hydrogens is 310 g/mol. The van der Waals surface area contributed by atoms with Crippen molar-refractivity contribution in [1.82, 2.24) is 5.32 Å². The van der Waals surface area contributed by atoms with Gasteiger partial charge in [-0.25, -0.2) is 0 Å². The molecule has 0 saturated carbocycles. The first-order valence-corrected chi connectivity index (χ1v) is 7.69. The number of nitrogens with one attached hydrogen (secondary N) is 1. The van der Waals surface area contributed by atoms with E-state index in [1.54, 1.807) is 24.3 Å². The lowest BCUT2D eigenvalue weighted by Crippen LogP contribution is -2.38. The largest absolute Gasteiger partial charge is 0.394 e. The summed E-state index contributed by atoms with van der Waals surface area (Å²) in [5, 5.41) is 22.2. The molecule has 21 heavy (non-hydrogen) atoms. The van der Waals surface area contributed by atoms with Gasteiger partial charge in [-0.3, -0.25) is 4.79 Å². The SMILES string of the molecule is O=C(N[C@@H](CO)C[C@H](O)c1ccccc1)c1ccc(Cl)s1. The van der Waals surface area contributed by atoms with E-state index in [-0.39, 0.29) is 18.9 Å². The van der Waals surface area contributed by atoms with Crippen LogP contribution >= 0.6 is 22.9 Å². The zero-order chi connectivity index (χ0) is 15.2. The quantitative estimate of drug-likeness (QED) is 0.764. The number of benzene rings is 1. The van der Waals surface area contributed by atoms with Crippen LogP contribution in [0.5, 0.6) is 0 Å². The molecule has 2 atom stereocenters. The summed E-state index contributed by atoms with van der Waals surface area (Å²) in [5.41, 5.74) is 0.754. The molecule has 112 valence electrons. The number of hydrogen-bond donors (Lipinski definition) is 3. The first-order valence-electron chi connectivity index (χ1n) is 6.50. The summed E-state index contributed by atoms with van der Waals surface area (Å²) < 4.78 is 0.532. The van der Waals surface area contributed by atoms with E-state index in [2.05, 4.69) is 5.32 Å². The van der Waals surface area contributed by atoms with Gasteiger partial charge in [0.1, 0.15) is 0 Å². The molecule has 0 bridgehead atoms. The molecule has 0 saturated heterocycles. The van der Waals surface area contributed by atoms with E-state index in [1.165, 1.54) is 11.3 Å². The van der Waals surface area contributed by atoms with Crippen molar-refractivity contribution >= 4 is 28.8 Å². The number of rotatable bonds is 6. The Bertz CT molecular complexity index is 588. The molecule has 1 aromatic carbocycles. The summed E-state index contributed by atoms with van der Waals surface area (Å²) in [7, 11) is 0. The first kappa shape index (κ1) is 16.0. The number of hydrogen-bond acceptors (Lipinski definition) is 4. The first-order chi connectivity index (χ1) is 10.1. The fraction of sp³-hybridized carbons (Fsp3) is 0.267. The lowest BCUT2D eigenvalue weighted by molar-refractivity contribution is 0.0869. The highest BCUT2D eigenvalue weighted by molar-refractivity contribution is 7.17. The molecule has 6 heteroatoms. The molecule has 1 aromatic heterocycles. The number of halogens is 1. The van der Waals surface area contributed by atoms with Crippen LogP contribution in [0.2, 0.25) is 4.34 Å². The van der Waals surface area contributed by atoms with Gasteiger partial charge in [0.2, 0.25) is 0 Å². The molecule has 3 N–H and O–H groups in total. The smallest absolute Gasteiger partial charge is 0.261 e. The molecule has 4 nitrogen and oxygen atoms in total. The van der Waals surface area contributed by atoms with Crippen molar-refractivity contribution in [2.75, 3.05) is 6.61 Å². The Balaban J connectivity index is 1.95. The van der Waals surface area contributed by atoms with Crippen molar-refractivity contribution in [3.05, 3.63) is 57.2 Å². The van der Waals surface area contributed by atoms with Crippen molar-refractivity contribution in [3.63, 3.8) is 0 Å². The molecule has 0 radical (unpaired) electrons. The van der Waals surface area contributed by atoms with E-state index >= 15 is 0 Å². The molecule has 0 spiro atoms. The van der Waals surface area contributed by atoms with E-state index in [4.69, 9.17) is 11.6 Å². The summed E-state index contributed by atoms with van der Waals surface area (Å²) in [4.78, 5) is 12.5. The van der Waals surface area contributed by atoms with Crippen molar-refractivity contribution in [2.24, 2.45) is 0 Å². The molecule has 0 aliphatic rings. The van der Waals surface area contributed by atoms with Gasteiger partial charge in [0, 0.05) is 0 Å². The molecule has 0 aliphatic heterocycles. The Morgan fingerprint density at radius 3 is 2.52 bits per heavy atom. The molecular formula is C15H16ClNO3S.